The van der Waals surface area contributed by atoms with Gasteiger partial charge in [0.15, 0.2) is 5.82 Å². The summed E-state index contributed by atoms with van der Waals surface area (Å²) in [4.78, 5) is 0. The Labute approximate surface area is 76.8 Å². The molecular weight excluding hydrogens is 170 g/mol. The van der Waals surface area contributed by atoms with Crippen molar-refractivity contribution in [3.63, 3.8) is 0 Å². The van der Waals surface area contributed by atoms with E-state index in [0.29, 0.717) is 11.8 Å². The molecule has 6 heteroatoms. The summed E-state index contributed by atoms with van der Waals surface area (Å²) in [6.45, 7) is 1.62. The Hall–Kier alpha value is -1.14. The molecule has 1 aromatic heterocycles. The van der Waals surface area contributed by atoms with Crippen LogP contribution >= 0.6 is 0 Å². The molecule has 0 spiro atoms. The number of anilines is 1. The highest BCUT2D eigenvalue weighted by Crippen LogP contribution is 2.13. The van der Waals surface area contributed by atoms with E-state index in [1.807, 2.05) is 0 Å². The van der Waals surface area contributed by atoms with Crippen LogP contribution in [0.2, 0.25) is 0 Å². The molecule has 2 atom stereocenters. The van der Waals surface area contributed by atoms with Crippen LogP contribution in [0.25, 0.3) is 0 Å². The lowest BCUT2D eigenvalue weighted by atomic mass is 10.2. The zero-order chi connectivity index (χ0) is 10.0. The van der Waals surface area contributed by atoms with Crippen LogP contribution in [-0.2, 0) is 7.05 Å². The Morgan fingerprint density at radius 2 is 2.15 bits per heavy atom. The van der Waals surface area contributed by atoms with E-state index in [4.69, 9.17) is 5.73 Å². The molecule has 0 amide bonds. The van der Waals surface area contributed by atoms with Gasteiger partial charge in [0, 0.05) is 14.1 Å². The fourth-order valence-corrected chi connectivity index (χ4v) is 1.06. The molecule has 13 heavy (non-hydrogen) atoms. The molecule has 0 aliphatic carbocycles. The molecule has 1 heterocycles. The molecule has 0 aliphatic rings. The van der Waals surface area contributed by atoms with Gasteiger partial charge in [-0.25, -0.2) is 0 Å². The van der Waals surface area contributed by atoms with Crippen LogP contribution in [0.15, 0.2) is 0 Å². The standard InChI is InChI=1S/C7H15N5O/c1-4(13)5(8)6-10-11-7(9-2)12(6)3/h4-5,13H,8H2,1-3H3,(H,9,11)/t4-,5+/m1/s1. The topological polar surface area (TPSA) is 89.0 Å². The number of aliphatic hydroxyl groups is 1. The van der Waals surface area contributed by atoms with Crippen molar-refractivity contribution < 1.29 is 5.11 Å². The first-order valence-corrected chi connectivity index (χ1v) is 4.08. The van der Waals surface area contributed by atoms with Gasteiger partial charge in [0.05, 0.1) is 12.1 Å². The number of nitrogens with zero attached hydrogens (tertiary/aromatic N) is 3. The second-order valence-corrected chi connectivity index (χ2v) is 2.96. The van der Waals surface area contributed by atoms with E-state index in [2.05, 4.69) is 15.5 Å². The second-order valence-electron chi connectivity index (χ2n) is 2.96. The zero-order valence-corrected chi connectivity index (χ0v) is 8.02. The maximum atomic E-state index is 9.25. The van der Waals surface area contributed by atoms with E-state index in [1.54, 1.807) is 25.6 Å². The maximum absolute atomic E-state index is 9.25. The van der Waals surface area contributed by atoms with Gasteiger partial charge in [-0.1, -0.05) is 0 Å². The first-order valence-electron chi connectivity index (χ1n) is 4.08. The normalized spacial score (nSPS) is 15.5. The Balaban J connectivity index is 2.95. The fraction of sp³-hybridized carbons (Fsp3) is 0.714. The lowest BCUT2D eigenvalue weighted by Gasteiger charge is -2.13. The number of aromatic nitrogens is 3. The van der Waals surface area contributed by atoms with Crippen molar-refractivity contribution in [3.05, 3.63) is 5.82 Å². The van der Waals surface area contributed by atoms with E-state index in [-0.39, 0.29) is 0 Å². The van der Waals surface area contributed by atoms with Gasteiger partial charge in [-0.15, -0.1) is 10.2 Å². The first-order chi connectivity index (χ1) is 6.07. The summed E-state index contributed by atoms with van der Waals surface area (Å²) in [6, 6.07) is -0.500. The van der Waals surface area contributed by atoms with Crippen LogP contribution in [0.5, 0.6) is 0 Å². The molecule has 0 bridgehead atoms. The van der Waals surface area contributed by atoms with Gasteiger partial charge in [-0.05, 0) is 6.92 Å². The summed E-state index contributed by atoms with van der Waals surface area (Å²) in [5.41, 5.74) is 5.71. The summed E-state index contributed by atoms with van der Waals surface area (Å²) < 4.78 is 1.72. The third-order valence-electron chi connectivity index (χ3n) is 1.95. The van der Waals surface area contributed by atoms with Gasteiger partial charge in [-0.2, -0.15) is 0 Å². The third kappa shape index (κ3) is 1.78. The molecule has 0 aliphatic heterocycles. The number of aliphatic hydroxyl groups excluding tert-OH is 1. The second kappa shape index (κ2) is 3.71. The van der Waals surface area contributed by atoms with Crippen molar-refractivity contribution in [1.29, 1.82) is 0 Å². The van der Waals surface area contributed by atoms with Crippen LogP contribution in [0.3, 0.4) is 0 Å². The third-order valence-corrected chi connectivity index (χ3v) is 1.95. The van der Waals surface area contributed by atoms with Gasteiger partial charge in [0.2, 0.25) is 5.95 Å². The minimum absolute atomic E-state index is 0.500. The number of nitrogens with one attached hydrogen (secondary N) is 1. The summed E-state index contributed by atoms with van der Waals surface area (Å²) in [6.07, 6.45) is -0.632. The monoisotopic (exact) mass is 185 g/mol. The predicted molar refractivity (Wildman–Crippen MR) is 49.2 cm³/mol. The van der Waals surface area contributed by atoms with E-state index in [0.717, 1.165) is 0 Å². The quantitative estimate of drug-likeness (QED) is 0.576. The Kier molecular flexibility index (Phi) is 2.84. The van der Waals surface area contributed by atoms with Crippen LogP contribution in [0.4, 0.5) is 5.95 Å². The van der Waals surface area contributed by atoms with Crippen molar-refractivity contribution in [1.82, 2.24) is 14.8 Å². The maximum Gasteiger partial charge on any atom is 0.224 e. The van der Waals surface area contributed by atoms with Gasteiger partial charge >= 0.3 is 0 Å². The lowest BCUT2D eigenvalue weighted by molar-refractivity contribution is 0.159. The molecule has 4 N–H and O–H groups in total. The Morgan fingerprint density at radius 1 is 1.54 bits per heavy atom. The molecule has 0 saturated heterocycles. The van der Waals surface area contributed by atoms with Crippen LogP contribution in [-0.4, -0.2) is 33.0 Å². The van der Waals surface area contributed by atoms with Gasteiger partial charge in [-0.3, -0.25) is 4.57 Å². The van der Waals surface area contributed by atoms with E-state index in [1.165, 1.54) is 0 Å². The lowest BCUT2D eigenvalue weighted by Crippen LogP contribution is -2.26. The number of nitrogens with two attached hydrogens (primary N) is 1. The molecule has 0 radical (unpaired) electrons. The predicted octanol–water partition coefficient (Wildman–Crippen LogP) is -0.763. The fourth-order valence-electron chi connectivity index (χ4n) is 1.06. The average molecular weight is 185 g/mol. The van der Waals surface area contributed by atoms with Crippen molar-refractivity contribution in [2.75, 3.05) is 12.4 Å². The van der Waals surface area contributed by atoms with Gasteiger partial charge < -0.3 is 16.2 Å². The van der Waals surface area contributed by atoms with Crippen molar-refractivity contribution in [2.45, 2.75) is 19.1 Å². The molecule has 0 fully saturated rings. The van der Waals surface area contributed by atoms with Gasteiger partial charge in [0.25, 0.3) is 0 Å². The summed E-state index contributed by atoms with van der Waals surface area (Å²) in [5, 5.41) is 19.8. The van der Waals surface area contributed by atoms with E-state index >= 15 is 0 Å². The summed E-state index contributed by atoms with van der Waals surface area (Å²) >= 11 is 0. The minimum Gasteiger partial charge on any atom is -0.391 e. The van der Waals surface area contributed by atoms with E-state index in [9.17, 15) is 5.11 Å². The van der Waals surface area contributed by atoms with E-state index < -0.39 is 12.1 Å². The Bertz CT molecular complexity index is 282. The zero-order valence-electron chi connectivity index (χ0n) is 8.02. The van der Waals surface area contributed by atoms with Crippen LogP contribution < -0.4 is 11.1 Å². The SMILES string of the molecule is CNc1nnc([C@@H](N)[C@@H](C)O)n1C. The molecule has 6 nitrogen and oxygen atoms in total. The van der Waals surface area contributed by atoms with Crippen LogP contribution in [0.1, 0.15) is 18.8 Å². The molecular formula is C7H15N5O. The number of rotatable bonds is 3. The largest absolute Gasteiger partial charge is 0.391 e. The summed E-state index contributed by atoms with van der Waals surface area (Å²) in [5.74, 6) is 1.20. The van der Waals surface area contributed by atoms with Crippen LogP contribution in [0, 0.1) is 0 Å². The van der Waals surface area contributed by atoms with Crippen molar-refractivity contribution in [2.24, 2.45) is 12.8 Å². The first kappa shape index (κ1) is 9.94. The summed E-state index contributed by atoms with van der Waals surface area (Å²) in [7, 11) is 3.55. The van der Waals surface area contributed by atoms with Crippen molar-refractivity contribution in [3.8, 4) is 0 Å². The molecule has 0 saturated carbocycles. The Morgan fingerprint density at radius 3 is 2.54 bits per heavy atom. The average Bonchev–Trinajstić information content (AvgIpc) is 2.45. The number of hydrogen-bond donors (Lipinski definition) is 3. The molecule has 0 aromatic carbocycles. The minimum atomic E-state index is -0.632. The molecule has 0 unspecified atom stereocenters. The molecule has 1 aromatic rings. The number of hydrogen-bond acceptors (Lipinski definition) is 5. The van der Waals surface area contributed by atoms with Gasteiger partial charge in [0.1, 0.15) is 0 Å². The highest BCUT2D eigenvalue weighted by atomic mass is 16.3. The van der Waals surface area contributed by atoms with Crippen molar-refractivity contribution >= 4 is 5.95 Å². The molecule has 1 rings (SSSR count). The highest BCUT2D eigenvalue weighted by molar-refractivity contribution is 5.24. The smallest absolute Gasteiger partial charge is 0.224 e. The highest BCUT2D eigenvalue weighted by Gasteiger charge is 2.19. The molecule has 74 valence electrons.